The zero-order valence-corrected chi connectivity index (χ0v) is 13.6. The number of hydrogen-bond donors (Lipinski definition) is 2. The van der Waals surface area contributed by atoms with Gasteiger partial charge in [0.05, 0.1) is 6.10 Å². The number of hydrogen-bond acceptors (Lipinski definition) is 5. The number of fused-ring (bicyclic) bond motifs is 1. The van der Waals surface area contributed by atoms with Gasteiger partial charge in [-0.3, -0.25) is 4.98 Å². The zero-order chi connectivity index (χ0) is 16.5. The number of aryl methyl sites for hydroxylation is 1. The molecule has 0 bridgehead atoms. The molecule has 1 aromatic carbocycles. The Hall–Kier alpha value is -2.40. The normalized spacial score (nSPS) is 21.4. The van der Waals surface area contributed by atoms with Crippen LogP contribution in [0.25, 0.3) is 11.1 Å². The summed E-state index contributed by atoms with van der Waals surface area (Å²) in [7, 11) is 0. The van der Waals surface area contributed by atoms with Gasteiger partial charge in [-0.15, -0.1) is 0 Å². The molecule has 5 heteroatoms. The van der Waals surface area contributed by atoms with Gasteiger partial charge in [0.25, 0.3) is 6.01 Å². The molecular weight excluding hydrogens is 302 g/mol. The molecule has 124 valence electrons. The van der Waals surface area contributed by atoms with Crippen LogP contribution in [0.1, 0.15) is 24.1 Å². The highest BCUT2D eigenvalue weighted by molar-refractivity contribution is 5.75. The van der Waals surface area contributed by atoms with E-state index in [2.05, 4.69) is 15.3 Å². The average molecular weight is 323 g/mol. The lowest BCUT2D eigenvalue weighted by molar-refractivity contribution is 0.0337. The average Bonchev–Trinajstić information content (AvgIpc) is 2.93. The molecule has 5 nitrogen and oxygen atoms in total. The largest absolute Gasteiger partial charge is 0.424 e. The summed E-state index contributed by atoms with van der Waals surface area (Å²) in [6.07, 6.45) is 4.03. The van der Waals surface area contributed by atoms with E-state index in [0.29, 0.717) is 11.9 Å². The summed E-state index contributed by atoms with van der Waals surface area (Å²) in [5.74, 6) is 0.402. The predicted octanol–water partition coefficient (Wildman–Crippen LogP) is 3.33. The molecule has 0 amide bonds. The first kappa shape index (κ1) is 15.1. The molecular formula is C19H21N3O2. The van der Waals surface area contributed by atoms with Crippen LogP contribution in [0, 0.1) is 12.8 Å². The molecule has 1 fully saturated rings. The number of nitrogens with zero attached hydrogens (tertiary/aromatic N) is 2. The van der Waals surface area contributed by atoms with Gasteiger partial charge in [-0.1, -0.05) is 12.1 Å². The highest BCUT2D eigenvalue weighted by Crippen LogP contribution is 2.33. The SMILES string of the molecule is Cc1ccc2oc(NC(Cc3ccccn3)C3CC(O)C3)nc2c1. The fourth-order valence-electron chi connectivity index (χ4n) is 3.30. The highest BCUT2D eigenvalue weighted by atomic mass is 16.4. The molecule has 1 atom stereocenters. The number of rotatable bonds is 5. The maximum atomic E-state index is 9.66. The van der Waals surface area contributed by atoms with Crippen molar-refractivity contribution in [3.05, 3.63) is 53.9 Å². The van der Waals surface area contributed by atoms with Gasteiger partial charge < -0.3 is 14.8 Å². The smallest absolute Gasteiger partial charge is 0.295 e. The molecule has 2 N–H and O–H groups in total. The van der Waals surface area contributed by atoms with Gasteiger partial charge >= 0.3 is 0 Å². The minimum absolute atomic E-state index is 0.150. The topological polar surface area (TPSA) is 71.2 Å². The molecule has 4 rings (SSSR count). The van der Waals surface area contributed by atoms with E-state index in [-0.39, 0.29) is 12.1 Å². The molecule has 1 aliphatic rings. The zero-order valence-electron chi connectivity index (χ0n) is 13.6. The van der Waals surface area contributed by atoms with Crippen molar-refractivity contribution in [2.24, 2.45) is 5.92 Å². The third kappa shape index (κ3) is 3.12. The van der Waals surface area contributed by atoms with Crippen molar-refractivity contribution in [1.82, 2.24) is 9.97 Å². The van der Waals surface area contributed by atoms with E-state index in [0.717, 1.165) is 41.6 Å². The fourth-order valence-corrected chi connectivity index (χ4v) is 3.30. The van der Waals surface area contributed by atoms with Crippen molar-refractivity contribution < 1.29 is 9.52 Å². The summed E-state index contributed by atoms with van der Waals surface area (Å²) in [6, 6.07) is 12.6. The molecule has 3 aromatic rings. The number of benzene rings is 1. The Kier molecular flexibility index (Phi) is 3.94. The maximum Gasteiger partial charge on any atom is 0.295 e. The van der Waals surface area contributed by atoms with Crippen LogP contribution in [-0.2, 0) is 6.42 Å². The van der Waals surface area contributed by atoms with E-state index in [1.807, 2.05) is 49.5 Å². The van der Waals surface area contributed by atoms with Gasteiger partial charge in [0.15, 0.2) is 5.58 Å². The second-order valence-electron chi connectivity index (χ2n) is 6.65. The van der Waals surface area contributed by atoms with Gasteiger partial charge in [-0.2, -0.15) is 4.98 Å². The van der Waals surface area contributed by atoms with Gasteiger partial charge in [0, 0.05) is 24.4 Å². The Morgan fingerprint density at radius 2 is 2.17 bits per heavy atom. The third-order valence-corrected chi connectivity index (χ3v) is 4.73. The molecule has 0 saturated heterocycles. The maximum absolute atomic E-state index is 9.66. The lowest BCUT2D eigenvalue weighted by Crippen LogP contribution is -2.42. The van der Waals surface area contributed by atoms with Crippen molar-refractivity contribution >= 4 is 17.1 Å². The van der Waals surface area contributed by atoms with Crippen LogP contribution in [0.2, 0.25) is 0 Å². The Morgan fingerprint density at radius 3 is 2.92 bits per heavy atom. The van der Waals surface area contributed by atoms with Crippen LogP contribution in [0.4, 0.5) is 6.01 Å². The molecule has 2 heterocycles. The minimum atomic E-state index is -0.186. The van der Waals surface area contributed by atoms with Crippen molar-refractivity contribution in [1.29, 1.82) is 0 Å². The van der Waals surface area contributed by atoms with Gasteiger partial charge in [-0.25, -0.2) is 0 Å². The molecule has 1 aliphatic carbocycles. The quantitative estimate of drug-likeness (QED) is 0.753. The van der Waals surface area contributed by atoms with Crippen molar-refractivity contribution in [3.8, 4) is 0 Å². The monoisotopic (exact) mass is 323 g/mol. The predicted molar refractivity (Wildman–Crippen MR) is 92.8 cm³/mol. The molecule has 0 spiro atoms. The fraction of sp³-hybridized carbons (Fsp3) is 0.368. The van der Waals surface area contributed by atoms with Gasteiger partial charge in [-0.05, 0) is 55.5 Å². The summed E-state index contributed by atoms with van der Waals surface area (Å²) in [4.78, 5) is 8.97. The van der Waals surface area contributed by atoms with Crippen LogP contribution in [0.3, 0.4) is 0 Å². The summed E-state index contributed by atoms with van der Waals surface area (Å²) in [6.45, 7) is 2.04. The van der Waals surface area contributed by atoms with Gasteiger partial charge in [0.1, 0.15) is 5.52 Å². The number of oxazole rings is 1. The Labute approximate surface area is 140 Å². The van der Waals surface area contributed by atoms with E-state index in [4.69, 9.17) is 4.42 Å². The number of pyridine rings is 1. The second kappa shape index (κ2) is 6.24. The molecule has 0 radical (unpaired) electrons. The van der Waals surface area contributed by atoms with Crippen LogP contribution in [0.5, 0.6) is 0 Å². The minimum Gasteiger partial charge on any atom is -0.424 e. The van der Waals surface area contributed by atoms with E-state index in [1.54, 1.807) is 0 Å². The highest BCUT2D eigenvalue weighted by Gasteiger charge is 2.34. The van der Waals surface area contributed by atoms with Crippen molar-refractivity contribution in [2.45, 2.75) is 38.3 Å². The number of aliphatic hydroxyl groups is 1. The lowest BCUT2D eigenvalue weighted by Gasteiger charge is -2.37. The summed E-state index contributed by atoms with van der Waals surface area (Å²) < 4.78 is 5.83. The lowest BCUT2D eigenvalue weighted by atomic mass is 9.76. The van der Waals surface area contributed by atoms with Crippen LogP contribution in [0.15, 0.2) is 47.0 Å². The van der Waals surface area contributed by atoms with E-state index in [9.17, 15) is 5.11 Å². The van der Waals surface area contributed by atoms with Gasteiger partial charge in [0.2, 0.25) is 0 Å². The summed E-state index contributed by atoms with van der Waals surface area (Å²) >= 11 is 0. The third-order valence-electron chi connectivity index (χ3n) is 4.73. The number of nitrogens with one attached hydrogen (secondary N) is 1. The Morgan fingerprint density at radius 1 is 1.29 bits per heavy atom. The first-order valence-corrected chi connectivity index (χ1v) is 8.39. The van der Waals surface area contributed by atoms with Crippen LogP contribution in [-0.4, -0.2) is 27.2 Å². The Bertz CT molecular complexity index is 825. The molecule has 24 heavy (non-hydrogen) atoms. The summed E-state index contributed by atoms with van der Waals surface area (Å²) in [5, 5.41) is 13.1. The molecule has 1 saturated carbocycles. The molecule has 0 aliphatic heterocycles. The first-order valence-electron chi connectivity index (χ1n) is 8.39. The number of aliphatic hydroxyl groups excluding tert-OH is 1. The van der Waals surface area contributed by atoms with Crippen LogP contribution >= 0.6 is 0 Å². The number of aromatic nitrogens is 2. The standard InChI is InChI=1S/C19H21N3O2/c1-12-5-6-18-17(8-12)22-19(24-18)21-16(13-9-15(23)10-13)11-14-4-2-3-7-20-14/h2-8,13,15-16,23H,9-11H2,1H3,(H,21,22). The van der Waals surface area contributed by atoms with Crippen LogP contribution < -0.4 is 5.32 Å². The van der Waals surface area contributed by atoms with Crippen molar-refractivity contribution in [3.63, 3.8) is 0 Å². The van der Waals surface area contributed by atoms with E-state index < -0.39 is 0 Å². The van der Waals surface area contributed by atoms with E-state index >= 15 is 0 Å². The first-order chi connectivity index (χ1) is 11.7. The number of anilines is 1. The van der Waals surface area contributed by atoms with Crippen molar-refractivity contribution in [2.75, 3.05) is 5.32 Å². The molecule has 1 unspecified atom stereocenters. The summed E-state index contributed by atoms with van der Waals surface area (Å²) in [5.41, 5.74) is 3.84. The van der Waals surface area contributed by atoms with E-state index in [1.165, 1.54) is 0 Å². The Balaban J connectivity index is 1.55. The second-order valence-corrected chi connectivity index (χ2v) is 6.65. The molecule has 2 aromatic heterocycles.